The molecule has 29 heavy (non-hydrogen) atoms. The first-order valence-electron chi connectivity index (χ1n) is 8.26. The second-order valence-electron chi connectivity index (χ2n) is 5.85. The van der Waals surface area contributed by atoms with Gasteiger partial charge in [-0.15, -0.1) is 0 Å². The van der Waals surface area contributed by atoms with Crippen molar-refractivity contribution in [2.75, 3.05) is 13.7 Å². The van der Waals surface area contributed by atoms with E-state index in [0.29, 0.717) is 5.56 Å². The summed E-state index contributed by atoms with van der Waals surface area (Å²) in [5.74, 6) is -1.01. The van der Waals surface area contributed by atoms with Crippen molar-refractivity contribution in [2.45, 2.75) is 12.8 Å². The first-order valence-corrected chi connectivity index (χ1v) is 8.26. The van der Waals surface area contributed by atoms with Gasteiger partial charge in [0.05, 0.1) is 5.56 Å². The summed E-state index contributed by atoms with van der Waals surface area (Å²) in [5.41, 5.74) is -0.408. The molecule has 7 nitrogen and oxygen atoms in total. The summed E-state index contributed by atoms with van der Waals surface area (Å²) in [6, 6.07) is 9.46. The van der Waals surface area contributed by atoms with Crippen molar-refractivity contribution in [3.05, 3.63) is 59.2 Å². The van der Waals surface area contributed by atoms with Crippen LogP contribution in [0.1, 0.15) is 16.7 Å². The predicted molar refractivity (Wildman–Crippen MR) is 96.4 cm³/mol. The van der Waals surface area contributed by atoms with Crippen molar-refractivity contribution in [2.24, 2.45) is 10.1 Å². The van der Waals surface area contributed by atoms with E-state index >= 15 is 0 Å². The number of oxime groups is 1. The summed E-state index contributed by atoms with van der Waals surface area (Å²) in [4.78, 5) is 20.1. The normalized spacial score (nSPS) is 13.8. The molecule has 10 heteroatoms. The molecule has 0 amide bonds. The van der Waals surface area contributed by atoms with Crippen molar-refractivity contribution in [1.82, 2.24) is 0 Å². The van der Waals surface area contributed by atoms with E-state index < -0.39 is 17.7 Å². The van der Waals surface area contributed by atoms with E-state index in [4.69, 9.17) is 9.47 Å². The van der Waals surface area contributed by atoms with Gasteiger partial charge in [0.15, 0.2) is 12.3 Å². The number of hydrogen-bond donors (Lipinski definition) is 1. The van der Waals surface area contributed by atoms with Crippen LogP contribution in [0.5, 0.6) is 5.75 Å². The number of hydrogen-bond acceptors (Lipinski definition) is 6. The van der Waals surface area contributed by atoms with Gasteiger partial charge in [-0.3, -0.25) is 0 Å². The van der Waals surface area contributed by atoms with Crippen LogP contribution in [0.3, 0.4) is 0 Å². The topological polar surface area (TPSA) is 89.7 Å². The number of carbonyl (C=O) groups is 1. The first kappa shape index (κ1) is 20.2. The second kappa shape index (κ2) is 8.21. The maximum atomic E-state index is 12.9. The number of benzene rings is 2. The highest BCUT2D eigenvalue weighted by Crippen LogP contribution is 2.37. The average Bonchev–Trinajstić information content (AvgIpc) is 2.69. The number of carboxylic acid groups (broad SMARTS) is 1. The molecule has 0 spiro atoms. The first-order chi connectivity index (χ1) is 13.8. The zero-order valence-corrected chi connectivity index (χ0v) is 15.1. The largest absolute Gasteiger partial charge is 0.482 e. The molecule has 0 radical (unpaired) electrons. The van der Waals surface area contributed by atoms with Gasteiger partial charge in [0, 0.05) is 5.56 Å². The lowest BCUT2D eigenvalue weighted by molar-refractivity contribution is -0.137. The monoisotopic (exact) mass is 408 g/mol. The molecule has 3 rings (SSSR count). The van der Waals surface area contributed by atoms with Crippen molar-refractivity contribution < 1.29 is 37.4 Å². The van der Waals surface area contributed by atoms with Crippen LogP contribution >= 0.6 is 0 Å². The van der Waals surface area contributed by atoms with Gasteiger partial charge in [-0.2, -0.15) is 13.2 Å². The number of nitrogens with zero attached hydrogens (tertiary/aromatic N) is 2. The van der Waals surface area contributed by atoms with Crippen LogP contribution < -0.4 is 4.74 Å². The molecule has 0 bridgehead atoms. The Morgan fingerprint density at radius 3 is 2.72 bits per heavy atom. The molecule has 0 saturated carbocycles. The Hall–Kier alpha value is -3.56. The smallest absolute Gasteiger partial charge is 0.416 e. The number of aliphatic imine (C=N–C) groups is 1. The Labute approximate surface area is 163 Å². The minimum absolute atomic E-state index is 0.00142. The number of halogens is 3. The van der Waals surface area contributed by atoms with Crippen LogP contribution in [-0.2, 0) is 27.2 Å². The van der Waals surface area contributed by atoms with Crippen LogP contribution in [0, 0.1) is 0 Å². The van der Waals surface area contributed by atoms with Crippen molar-refractivity contribution in [1.29, 1.82) is 0 Å². The summed E-state index contributed by atoms with van der Waals surface area (Å²) in [6.45, 7) is -0.166. The Balaban J connectivity index is 1.82. The summed E-state index contributed by atoms with van der Waals surface area (Å²) >= 11 is 0. The van der Waals surface area contributed by atoms with Crippen LogP contribution in [0.25, 0.3) is 0 Å². The number of rotatable bonds is 5. The SMILES string of the molecule is CON=C(C(=O)O)c1ccccc1COC1=Nc2cc(C(F)(F)F)ccc2OC1. The molecule has 0 saturated heterocycles. The van der Waals surface area contributed by atoms with Gasteiger partial charge < -0.3 is 19.4 Å². The maximum absolute atomic E-state index is 12.9. The van der Waals surface area contributed by atoms with Crippen molar-refractivity contribution in [3.63, 3.8) is 0 Å². The third kappa shape index (κ3) is 4.65. The summed E-state index contributed by atoms with van der Waals surface area (Å²) in [5, 5.41) is 12.8. The molecule has 0 aliphatic carbocycles. The quantitative estimate of drug-likeness (QED) is 0.601. The summed E-state index contributed by atoms with van der Waals surface area (Å²) < 4.78 is 49.6. The molecule has 1 heterocycles. The summed E-state index contributed by atoms with van der Waals surface area (Å²) in [7, 11) is 1.23. The van der Waals surface area contributed by atoms with E-state index in [1.165, 1.54) is 19.2 Å². The van der Waals surface area contributed by atoms with E-state index in [1.54, 1.807) is 18.2 Å². The molecule has 1 N–H and O–H groups in total. The van der Waals surface area contributed by atoms with E-state index in [2.05, 4.69) is 15.0 Å². The molecule has 2 aromatic carbocycles. The number of alkyl halides is 3. The van der Waals surface area contributed by atoms with E-state index in [1.807, 2.05) is 0 Å². The number of ether oxygens (including phenoxy) is 2. The minimum Gasteiger partial charge on any atom is -0.482 e. The molecule has 0 unspecified atom stereocenters. The molecular weight excluding hydrogens is 393 g/mol. The van der Waals surface area contributed by atoms with E-state index in [9.17, 15) is 23.1 Å². The molecule has 0 atom stereocenters. The highest BCUT2D eigenvalue weighted by Gasteiger charge is 2.32. The van der Waals surface area contributed by atoms with E-state index in [-0.39, 0.29) is 41.8 Å². The molecular formula is C19H15F3N2O5. The second-order valence-corrected chi connectivity index (χ2v) is 5.85. The van der Waals surface area contributed by atoms with Crippen molar-refractivity contribution >= 4 is 23.3 Å². The third-order valence-electron chi connectivity index (χ3n) is 3.93. The molecule has 1 aliphatic heterocycles. The van der Waals surface area contributed by atoms with Crippen LogP contribution in [0.4, 0.5) is 18.9 Å². The highest BCUT2D eigenvalue weighted by molar-refractivity contribution is 6.42. The van der Waals surface area contributed by atoms with Crippen LogP contribution in [-0.4, -0.2) is 36.4 Å². The number of carboxylic acids is 1. The standard InChI is InChI=1S/C19H15F3N2O5/c1-27-24-17(18(25)26)13-5-3-2-4-11(13)9-29-16-10-28-15-7-6-12(19(20,21)22)8-14(15)23-16/h2-8H,9-10H2,1H3,(H,25,26). The predicted octanol–water partition coefficient (Wildman–Crippen LogP) is 3.78. The maximum Gasteiger partial charge on any atom is 0.416 e. The van der Waals surface area contributed by atoms with Crippen LogP contribution in [0.15, 0.2) is 52.6 Å². The van der Waals surface area contributed by atoms with Crippen molar-refractivity contribution in [3.8, 4) is 5.75 Å². The molecule has 0 aromatic heterocycles. The van der Waals surface area contributed by atoms with Gasteiger partial charge >= 0.3 is 12.1 Å². The van der Waals surface area contributed by atoms with Gasteiger partial charge in [0.1, 0.15) is 25.2 Å². The molecule has 0 fully saturated rings. The third-order valence-corrected chi connectivity index (χ3v) is 3.93. The van der Waals surface area contributed by atoms with Crippen LogP contribution in [0.2, 0.25) is 0 Å². The zero-order chi connectivity index (χ0) is 21.0. The zero-order valence-electron chi connectivity index (χ0n) is 15.1. The van der Waals surface area contributed by atoms with Gasteiger partial charge in [-0.25, -0.2) is 9.79 Å². The fraction of sp³-hybridized carbons (Fsp3) is 0.211. The lowest BCUT2D eigenvalue weighted by Crippen LogP contribution is -2.20. The Kier molecular flexibility index (Phi) is 5.71. The fourth-order valence-corrected chi connectivity index (χ4v) is 2.62. The molecule has 152 valence electrons. The average molecular weight is 408 g/mol. The Bertz CT molecular complexity index is 986. The lowest BCUT2D eigenvalue weighted by Gasteiger charge is -2.19. The van der Waals surface area contributed by atoms with Gasteiger partial charge in [-0.1, -0.05) is 29.4 Å². The van der Waals surface area contributed by atoms with Gasteiger partial charge in [0.2, 0.25) is 5.90 Å². The molecule has 1 aliphatic rings. The highest BCUT2D eigenvalue weighted by atomic mass is 19.4. The van der Waals surface area contributed by atoms with Gasteiger partial charge in [0.25, 0.3) is 0 Å². The number of aliphatic carboxylic acids is 1. The minimum atomic E-state index is -4.50. The van der Waals surface area contributed by atoms with E-state index in [0.717, 1.165) is 12.1 Å². The fourth-order valence-electron chi connectivity index (χ4n) is 2.62. The Morgan fingerprint density at radius 1 is 1.28 bits per heavy atom. The molecule has 2 aromatic rings. The number of fused-ring (bicyclic) bond motifs is 1. The summed E-state index contributed by atoms with van der Waals surface area (Å²) in [6.07, 6.45) is -4.50. The van der Waals surface area contributed by atoms with Gasteiger partial charge in [-0.05, 0) is 23.8 Å². The lowest BCUT2D eigenvalue weighted by atomic mass is 10.0. The Morgan fingerprint density at radius 2 is 2.03 bits per heavy atom.